The monoisotopic (exact) mass is 306 g/mol. The zero-order valence-electron chi connectivity index (χ0n) is 11.6. The average Bonchev–Trinajstić information content (AvgIpc) is 2.33. The molecule has 1 atom stereocenters. The first-order valence-corrected chi connectivity index (χ1v) is 6.15. The topological polar surface area (TPSA) is 61.8 Å². The molecule has 0 radical (unpaired) electrons. The molecule has 0 aromatic heterocycles. The third-order valence-electron chi connectivity index (χ3n) is 2.60. The molecule has 118 valence electrons. The fraction of sp³-hybridized carbons (Fsp3) is 0.462. The van der Waals surface area contributed by atoms with Crippen molar-refractivity contribution in [2.24, 2.45) is 0 Å². The van der Waals surface area contributed by atoms with Gasteiger partial charge < -0.3 is 14.7 Å². The zero-order chi connectivity index (χ0) is 16.0. The summed E-state index contributed by atoms with van der Waals surface area (Å²) >= 11 is 0. The molecule has 0 aliphatic rings. The highest BCUT2D eigenvalue weighted by atomic mass is 19.4. The number of hydrogen-bond donors (Lipinski definition) is 2. The van der Waals surface area contributed by atoms with E-state index in [-0.39, 0.29) is 5.75 Å². The molecule has 0 spiro atoms. The molecule has 8 heteroatoms. The Bertz CT molecular complexity index is 461. The Morgan fingerprint density at radius 1 is 1.33 bits per heavy atom. The first kappa shape index (κ1) is 17.3. The van der Waals surface area contributed by atoms with Crippen molar-refractivity contribution >= 4 is 5.97 Å². The number of ether oxygens (including phenoxy) is 1. The Kier molecular flexibility index (Phi) is 5.98. The van der Waals surface area contributed by atoms with E-state index in [0.29, 0.717) is 18.7 Å². The molecule has 2 N–H and O–H groups in total. The van der Waals surface area contributed by atoms with Crippen LogP contribution >= 0.6 is 0 Å². The molecule has 0 bridgehead atoms. The molecule has 0 heterocycles. The molecular formula is C13H17F3N2O3. The third kappa shape index (κ3) is 6.46. The summed E-state index contributed by atoms with van der Waals surface area (Å²) in [4.78, 5) is 13.1. The third-order valence-corrected chi connectivity index (χ3v) is 2.60. The molecule has 1 aromatic rings. The molecule has 0 fully saturated rings. The Balaban J connectivity index is 2.73. The molecule has 0 amide bonds. The van der Waals surface area contributed by atoms with E-state index in [4.69, 9.17) is 5.11 Å². The number of likely N-dealkylation sites (N-methyl/N-ethyl adjacent to an activating group) is 1. The molecule has 0 saturated heterocycles. The highest BCUT2D eigenvalue weighted by molar-refractivity contribution is 5.75. The largest absolute Gasteiger partial charge is 0.573 e. The number of hydrogen-bond acceptors (Lipinski definition) is 4. The van der Waals surface area contributed by atoms with Gasteiger partial charge in [0.25, 0.3) is 0 Å². The average molecular weight is 306 g/mol. The van der Waals surface area contributed by atoms with Gasteiger partial charge in [0.15, 0.2) is 0 Å². The zero-order valence-corrected chi connectivity index (χ0v) is 11.6. The quantitative estimate of drug-likeness (QED) is 0.805. The van der Waals surface area contributed by atoms with Crippen molar-refractivity contribution in [2.45, 2.75) is 12.4 Å². The van der Waals surface area contributed by atoms with Gasteiger partial charge in [-0.1, -0.05) is 12.1 Å². The van der Waals surface area contributed by atoms with Crippen molar-refractivity contribution in [3.05, 3.63) is 29.8 Å². The maximum Gasteiger partial charge on any atom is 0.573 e. The molecule has 1 rings (SSSR count). The van der Waals surface area contributed by atoms with E-state index in [0.717, 1.165) is 12.1 Å². The molecule has 0 aliphatic heterocycles. The van der Waals surface area contributed by atoms with Gasteiger partial charge in [0, 0.05) is 13.1 Å². The Morgan fingerprint density at radius 3 is 2.33 bits per heavy atom. The number of halogens is 3. The van der Waals surface area contributed by atoms with E-state index in [1.54, 1.807) is 0 Å². The predicted molar refractivity (Wildman–Crippen MR) is 70.1 cm³/mol. The lowest BCUT2D eigenvalue weighted by molar-refractivity contribution is -0.274. The number of carbonyl (C=O) groups is 1. The van der Waals surface area contributed by atoms with Crippen LogP contribution in [0.2, 0.25) is 0 Å². The number of nitrogens with zero attached hydrogens (tertiary/aromatic N) is 1. The normalized spacial score (nSPS) is 13.2. The second-order valence-electron chi connectivity index (χ2n) is 4.65. The van der Waals surface area contributed by atoms with E-state index in [1.165, 1.54) is 12.1 Å². The predicted octanol–water partition coefficient (Wildman–Crippen LogP) is 1.86. The first-order valence-electron chi connectivity index (χ1n) is 6.15. The molecule has 5 nitrogen and oxygen atoms in total. The summed E-state index contributed by atoms with van der Waals surface area (Å²) < 4.78 is 39.8. The van der Waals surface area contributed by atoms with Crippen molar-refractivity contribution in [1.29, 1.82) is 0 Å². The number of carboxylic acids is 1. The summed E-state index contributed by atoms with van der Waals surface area (Å²) in [7, 11) is 3.70. The molecule has 1 aromatic carbocycles. The molecule has 0 aliphatic carbocycles. The lowest BCUT2D eigenvalue weighted by Crippen LogP contribution is -2.33. The van der Waals surface area contributed by atoms with Crippen LogP contribution in [0.1, 0.15) is 11.6 Å². The summed E-state index contributed by atoms with van der Waals surface area (Å²) in [6.07, 6.45) is -4.77. The highest BCUT2D eigenvalue weighted by Gasteiger charge is 2.31. The van der Waals surface area contributed by atoms with Gasteiger partial charge >= 0.3 is 12.3 Å². The van der Waals surface area contributed by atoms with Crippen LogP contribution in [0.4, 0.5) is 13.2 Å². The molecule has 1 unspecified atom stereocenters. The van der Waals surface area contributed by atoms with Gasteiger partial charge in [-0.3, -0.25) is 10.1 Å². The van der Waals surface area contributed by atoms with Crippen molar-refractivity contribution in [1.82, 2.24) is 10.2 Å². The van der Waals surface area contributed by atoms with Crippen LogP contribution in [0.15, 0.2) is 24.3 Å². The van der Waals surface area contributed by atoms with Crippen LogP contribution in [0.3, 0.4) is 0 Å². The van der Waals surface area contributed by atoms with Gasteiger partial charge in [-0.05, 0) is 31.8 Å². The molecule has 0 saturated carbocycles. The minimum atomic E-state index is -4.77. The van der Waals surface area contributed by atoms with E-state index in [9.17, 15) is 18.0 Å². The second-order valence-corrected chi connectivity index (χ2v) is 4.65. The maximum absolute atomic E-state index is 12.0. The second kappa shape index (κ2) is 7.28. The summed E-state index contributed by atoms with van der Waals surface area (Å²) in [5.74, 6) is -1.48. The van der Waals surface area contributed by atoms with E-state index >= 15 is 0 Å². The summed E-state index contributed by atoms with van der Waals surface area (Å²) in [5.41, 5.74) is 0.357. The van der Waals surface area contributed by atoms with E-state index < -0.39 is 18.4 Å². The number of alkyl halides is 3. The fourth-order valence-electron chi connectivity index (χ4n) is 1.64. The number of carboxylic acid groups (broad SMARTS) is 1. The van der Waals surface area contributed by atoms with Crippen LogP contribution in [-0.4, -0.2) is 49.5 Å². The smallest absolute Gasteiger partial charge is 0.480 e. The lowest BCUT2D eigenvalue weighted by atomic mass is 10.1. The first-order chi connectivity index (χ1) is 9.69. The SMILES string of the molecule is CN(C)CCNC(C(=O)O)c1ccc(OC(F)(F)F)cc1. The van der Waals surface area contributed by atoms with Gasteiger partial charge in [-0.2, -0.15) is 0 Å². The Hall–Kier alpha value is -1.80. The van der Waals surface area contributed by atoms with Gasteiger partial charge in [0.1, 0.15) is 11.8 Å². The van der Waals surface area contributed by atoms with Gasteiger partial charge in [0.2, 0.25) is 0 Å². The summed E-state index contributed by atoms with van der Waals surface area (Å²) in [5, 5.41) is 12.0. The number of aliphatic carboxylic acids is 1. The minimum absolute atomic E-state index is 0.357. The van der Waals surface area contributed by atoms with Gasteiger partial charge in [0.05, 0.1) is 0 Å². The number of nitrogens with one attached hydrogen (secondary N) is 1. The van der Waals surface area contributed by atoms with Crippen molar-refractivity contribution < 1.29 is 27.8 Å². The van der Waals surface area contributed by atoms with Crippen LogP contribution in [-0.2, 0) is 4.79 Å². The molecule has 21 heavy (non-hydrogen) atoms. The molecular weight excluding hydrogens is 289 g/mol. The maximum atomic E-state index is 12.0. The Morgan fingerprint density at radius 2 is 1.90 bits per heavy atom. The van der Waals surface area contributed by atoms with Crippen molar-refractivity contribution in [2.75, 3.05) is 27.2 Å². The van der Waals surface area contributed by atoms with Crippen LogP contribution in [0.5, 0.6) is 5.75 Å². The van der Waals surface area contributed by atoms with Crippen LogP contribution in [0, 0.1) is 0 Å². The summed E-state index contributed by atoms with van der Waals surface area (Å²) in [6, 6.07) is 3.79. The fourth-order valence-corrected chi connectivity index (χ4v) is 1.64. The number of rotatable bonds is 7. The minimum Gasteiger partial charge on any atom is -0.480 e. The summed E-state index contributed by atoms with van der Waals surface area (Å²) in [6.45, 7) is 1.07. The van der Waals surface area contributed by atoms with Gasteiger partial charge in [-0.25, -0.2) is 0 Å². The Labute approximate surface area is 120 Å². The van der Waals surface area contributed by atoms with Crippen molar-refractivity contribution in [3.63, 3.8) is 0 Å². The van der Waals surface area contributed by atoms with Crippen LogP contribution < -0.4 is 10.1 Å². The lowest BCUT2D eigenvalue weighted by Gasteiger charge is -2.17. The van der Waals surface area contributed by atoms with Crippen molar-refractivity contribution in [3.8, 4) is 5.75 Å². The van der Waals surface area contributed by atoms with Gasteiger partial charge in [-0.15, -0.1) is 13.2 Å². The standard InChI is InChI=1S/C13H17F3N2O3/c1-18(2)8-7-17-11(12(19)20)9-3-5-10(6-4-9)21-13(14,15)16/h3-6,11,17H,7-8H2,1-2H3,(H,19,20). The van der Waals surface area contributed by atoms with E-state index in [2.05, 4.69) is 10.1 Å². The van der Waals surface area contributed by atoms with Crippen LogP contribution in [0.25, 0.3) is 0 Å². The highest BCUT2D eigenvalue weighted by Crippen LogP contribution is 2.24. The number of benzene rings is 1. The van der Waals surface area contributed by atoms with E-state index in [1.807, 2.05) is 19.0 Å².